The Hall–Kier alpha value is -0.840. The molecule has 18 heavy (non-hydrogen) atoms. The van der Waals surface area contributed by atoms with Crippen molar-refractivity contribution in [2.75, 3.05) is 14.2 Å². The lowest BCUT2D eigenvalue weighted by molar-refractivity contribution is 0.286. The van der Waals surface area contributed by atoms with Crippen LogP contribution >= 0.6 is 7.60 Å². The summed E-state index contributed by atoms with van der Waals surface area (Å²) < 4.78 is 23.5. The molecule has 2 rings (SSSR count). The summed E-state index contributed by atoms with van der Waals surface area (Å²) >= 11 is 0. The number of H-pyrrole nitrogens is 1. The van der Waals surface area contributed by atoms with Gasteiger partial charge in [-0.15, -0.1) is 0 Å². The molecule has 1 aromatic heterocycles. The lowest BCUT2D eigenvalue weighted by atomic mass is 9.96. The molecule has 0 saturated heterocycles. The summed E-state index contributed by atoms with van der Waals surface area (Å²) in [4.78, 5) is 12.2. The van der Waals surface area contributed by atoms with E-state index in [-0.39, 0.29) is 16.9 Å². The predicted molar refractivity (Wildman–Crippen MR) is 68.4 cm³/mol. The van der Waals surface area contributed by atoms with Crippen LogP contribution in [-0.4, -0.2) is 24.0 Å². The molecule has 1 aliphatic rings. The fourth-order valence-electron chi connectivity index (χ4n) is 2.45. The largest absolute Gasteiger partial charge is 0.367 e. The van der Waals surface area contributed by atoms with Gasteiger partial charge >= 0.3 is 7.60 Å². The second kappa shape index (κ2) is 5.43. The van der Waals surface area contributed by atoms with Gasteiger partial charge in [-0.05, 0) is 12.8 Å². The topological polar surface area (TPSA) is 73.3 Å². The van der Waals surface area contributed by atoms with Gasteiger partial charge < -0.3 is 14.1 Å². The Morgan fingerprint density at radius 3 is 2.44 bits per heavy atom. The molecule has 0 aliphatic heterocycles. The van der Waals surface area contributed by atoms with Crippen molar-refractivity contribution in [3.8, 4) is 0 Å². The first-order valence-electron chi connectivity index (χ1n) is 6.14. The van der Waals surface area contributed by atoms with Crippen molar-refractivity contribution in [1.82, 2.24) is 9.78 Å². The first kappa shape index (κ1) is 13.6. The van der Waals surface area contributed by atoms with Gasteiger partial charge in [0.2, 0.25) is 0 Å². The van der Waals surface area contributed by atoms with Crippen molar-refractivity contribution in [2.24, 2.45) is 0 Å². The van der Waals surface area contributed by atoms with E-state index in [0.717, 1.165) is 25.7 Å². The Balaban J connectivity index is 2.34. The van der Waals surface area contributed by atoms with Crippen LogP contribution in [-0.2, 0) is 13.6 Å². The second-order valence-electron chi connectivity index (χ2n) is 4.49. The van der Waals surface area contributed by atoms with Gasteiger partial charge in [-0.25, -0.2) is 4.68 Å². The Morgan fingerprint density at radius 2 is 1.89 bits per heavy atom. The number of rotatable bonds is 4. The average molecular weight is 274 g/mol. The summed E-state index contributed by atoms with van der Waals surface area (Å²) in [5.74, 6) is 0. The SMILES string of the molecule is COP(=O)(OC)c1c[nH]n(C2CCCCC2)c1=O. The van der Waals surface area contributed by atoms with Crippen LogP contribution in [0.15, 0.2) is 11.0 Å². The van der Waals surface area contributed by atoms with Crippen LogP contribution in [0.4, 0.5) is 0 Å². The lowest BCUT2D eigenvalue weighted by Gasteiger charge is -2.21. The minimum absolute atomic E-state index is 0.0815. The van der Waals surface area contributed by atoms with Gasteiger partial charge in [0.1, 0.15) is 5.30 Å². The van der Waals surface area contributed by atoms with Crippen molar-refractivity contribution in [3.63, 3.8) is 0 Å². The van der Waals surface area contributed by atoms with Crippen molar-refractivity contribution in [1.29, 1.82) is 0 Å². The third-order valence-electron chi connectivity index (χ3n) is 3.49. The normalized spacial score (nSPS) is 18.1. The average Bonchev–Trinajstić information content (AvgIpc) is 2.81. The first-order valence-corrected chi connectivity index (χ1v) is 7.68. The molecule has 1 aromatic rings. The van der Waals surface area contributed by atoms with E-state index in [1.165, 1.54) is 26.8 Å². The molecule has 0 atom stereocenters. The van der Waals surface area contributed by atoms with Crippen LogP contribution in [0.5, 0.6) is 0 Å². The third-order valence-corrected chi connectivity index (χ3v) is 5.37. The zero-order valence-corrected chi connectivity index (χ0v) is 11.6. The molecular formula is C11H19N2O4P. The highest BCUT2D eigenvalue weighted by atomic mass is 31.2. The first-order chi connectivity index (χ1) is 8.62. The van der Waals surface area contributed by atoms with Gasteiger partial charge in [-0.2, -0.15) is 0 Å². The molecule has 0 aromatic carbocycles. The maximum absolute atomic E-state index is 12.2. The van der Waals surface area contributed by atoms with Crippen LogP contribution in [0.1, 0.15) is 38.1 Å². The van der Waals surface area contributed by atoms with Crippen LogP contribution in [0.25, 0.3) is 0 Å². The van der Waals surface area contributed by atoms with Gasteiger partial charge in [0, 0.05) is 20.4 Å². The highest BCUT2D eigenvalue weighted by molar-refractivity contribution is 7.62. The summed E-state index contributed by atoms with van der Waals surface area (Å²) in [6.45, 7) is 0. The van der Waals surface area contributed by atoms with E-state index in [0.29, 0.717) is 0 Å². The summed E-state index contributed by atoms with van der Waals surface area (Å²) in [5.41, 5.74) is -0.297. The standard InChI is InChI=1S/C11H19N2O4P/c1-16-18(15,17-2)10-8-12-13(11(10)14)9-6-4-3-5-7-9/h8-9,12H,3-7H2,1-2H3. The van der Waals surface area contributed by atoms with Gasteiger partial charge in [0.05, 0.1) is 6.04 Å². The minimum atomic E-state index is -3.47. The van der Waals surface area contributed by atoms with E-state index in [4.69, 9.17) is 9.05 Å². The van der Waals surface area contributed by atoms with E-state index in [1.54, 1.807) is 4.68 Å². The zero-order valence-electron chi connectivity index (χ0n) is 10.7. The fourth-order valence-corrected chi connectivity index (χ4v) is 3.55. The van der Waals surface area contributed by atoms with E-state index in [1.807, 2.05) is 0 Å². The maximum atomic E-state index is 12.2. The smallest absolute Gasteiger partial charge is 0.308 e. The Bertz CT molecular complexity index is 493. The second-order valence-corrected chi connectivity index (χ2v) is 6.70. The Kier molecular flexibility index (Phi) is 4.10. The van der Waals surface area contributed by atoms with Crippen LogP contribution in [0.2, 0.25) is 0 Å². The highest BCUT2D eigenvalue weighted by Crippen LogP contribution is 2.43. The molecule has 1 fully saturated rings. The van der Waals surface area contributed by atoms with Crippen molar-refractivity contribution >= 4 is 12.9 Å². The summed E-state index contributed by atoms with van der Waals surface area (Å²) in [6.07, 6.45) is 6.85. The number of hydrogen-bond acceptors (Lipinski definition) is 4. The Morgan fingerprint density at radius 1 is 1.28 bits per heavy atom. The molecule has 0 unspecified atom stereocenters. The molecule has 1 N–H and O–H groups in total. The van der Waals surface area contributed by atoms with E-state index in [2.05, 4.69) is 5.10 Å². The molecule has 6 nitrogen and oxygen atoms in total. The van der Waals surface area contributed by atoms with Gasteiger partial charge in [0.15, 0.2) is 0 Å². The number of hydrogen-bond donors (Lipinski definition) is 1. The summed E-state index contributed by atoms with van der Waals surface area (Å²) in [6, 6.07) is 0.169. The highest BCUT2D eigenvalue weighted by Gasteiger charge is 2.31. The molecule has 1 heterocycles. The molecule has 0 bridgehead atoms. The minimum Gasteiger partial charge on any atom is -0.308 e. The monoisotopic (exact) mass is 274 g/mol. The van der Waals surface area contributed by atoms with E-state index < -0.39 is 7.60 Å². The molecular weight excluding hydrogens is 255 g/mol. The maximum Gasteiger partial charge on any atom is 0.367 e. The molecule has 7 heteroatoms. The van der Waals surface area contributed by atoms with E-state index in [9.17, 15) is 9.36 Å². The lowest BCUT2D eigenvalue weighted by Crippen LogP contribution is -2.32. The van der Waals surface area contributed by atoms with Gasteiger partial charge in [-0.1, -0.05) is 19.3 Å². The number of aromatic amines is 1. The van der Waals surface area contributed by atoms with E-state index >= 15 is 0 Å². The van der Waals surface area contributed by atoms with Crippen LogP contribution in [0, 0.1) is 0 Å². The zero-order chi connectivity index (χ0) is 13.2. The number of nitrogens with one attached hydrogen (secondary N) is 1. The summed E-state index contributed by atoms with van der Waals surface area (Å²) in [7, 11) is -0.907. The molecule has 0 amide bonds. The van der Waals surface area contributed by atoms with Crippen molar-refractivity contribution in [3.05, 3.63) is 16.6 Å². The molecule has 0 spiro atoms. The number of nitrogens with zero attached hydrogens (tertiary/aromatic N) is 1. The molecule has 0 radical (unpaired) electrons. The summed E-state index contributed by atoms with van der Waals surface area (Å²) in [5, 5.41) is 2.97. The quantitative estimate of drug-likeness (QED) is 0.849. The fraction of sp³-hybridized carbons (Fsp3) is 0.727. The van der Waals surface area contributed by atoms with Crippen molar-refractivity contribution < 1.29 is 13.6 Å². The van der Waals surface area contributed by atoms with Gasteiger partial charge in [0.25, 0.3) is 5.56 Å². The van der Waals surface area contributed by atoms with Crippen LogP contribution < -0.4 is 10.9 Å². The third kappa shape index (κ3) is 2.32. The van der Waals surface area contributed by atoms with Crippen LogP contribution in [0.3, 0.4) is 0 Å². The predicted octanol–water partition coefficient (Wildman–Crippen LogP) is 1.79. The number of aromatic nitrogens is 2. The molecule has 1 saturated carbocycles. The molecule has 1 aliphatic carbocycles. The van der Waals surface area contributed by atoms with Gasteiger partial charge in [-0.3, -0.25) is 9.36 Å². The van der Waals surface area contributed by atoms with Crippen molar-refractivity contribution in [2.45, 2.75) is 38.1 Å². The molecule has 102 valence electrons. The Labute approximate surface area is 106 Å².